The van der Waals surface area contributed by atoms with Gasteiger partial charge in [0.05, 0.1) is 22.1 Å². The minimum absolute atomic E-state index is 0.0217. The molecule has 1 aliphatic heterocycles. The minimum atomic E-state index is -0.718. The lowest BCUT2D eigenvalue weighted by Crippen LogP contribution is -2.33. The first-order valence-electron chi connectivity index (χ1n) is 9.92. The number of benzene rings is 1. The van der Waals surface area contributed by atoms with E-state index in [0.29, 0.717) is 18.7 Å². The molecule has 3 N–H and O–H groups in total. The Bertz CT molecular complexity index is 1260. The summed E-state index contributed by atoms with van der Waals surface area (Å²) in [7, 11) is 0. The van der Waals surface area contributed by atoms with Gasteiger partial charge in [0.25, 0.3) is 0 Å². The number of anilines is 2. The van der Waals surface area contributed by atoms with E-state index in [2.05, 4.69) is 10.3 Å². The van der Waals surface area contributed by atoms with Crippen molar-refractivity contribution >= 4 is 22.3 Å². The van der Waals surface area contributed by atoms with Crippen molar-refractivity contribution in [1.29, 1.82) is 5.26 Å². The number of aryl methyl sites for hydroxylation is 1. The van der Waals surface area contributed by atoms with E-state index in [1.54, 1.807) is 12.4 Å². The zero-order valence-electron chi connectivity index (χ0n) is 16.2. The second kappa shape index (κ2) is 6.73. The van der Waals surface area contributed by atoms with E-state index < -0.39 is 11.2 Å². The van der Waals surface area contributed by atoms with Crippen LogP contribution in [0.25, 0.3) is 10.9 Å². The Morgan fingerprint density at radius 1 is 1.43 bits per heavy atom. The molecule has 8 heteroatoms. The van der Waals surface area contributed by atoms with Gasteiger partial charge in [0.2, 0.25) is 5.43 Å². The fraction of sp³-hybridized carbons (Fsp3) is 0.318. The van der Waals surface area contributed by atoms with Crippen molar-refractivity contribution in [3.63, 3.8) is 0 Å². The molecule has 1 saturated carbocycles. The fourth-order valence-electron chi connectivity index (χ4n) is 4.16. The first-order chi connectivity index (χ1) is 14.6. The molecule has 0 atom stereocenters. The average Bonchev–Trinajstić information content (AvgIpc) is 3.54. The van der Waals surface area contributed by atoms with Crippen LogP contribution in [0.4, 0.5) is 15.8 Å². The summed E-state index contributed by atoms with van der Waals surface area (Å²) in [6, 6.07) is 5.79. The topological polar surface area (TPSA) is 106 Å². The second-order valence-corrected chi connectivity index (χ2v) is 7.91. The Morgan fingerprint density at radius 3 is 2.97 bits per heavy atom. The molecule has 5 rings (SSSR count). The molecular weight excluding hydrogens is 385 g/mol. The average molecular weight is 405 g/mol. The first kappa shape index (κ1) is 18.4. The summed E-state index contributed by atoms with van der Waals surface area (Å²) >= 11 is 0. The highest BCUT2D eigenvalue weighted by atomic mass is 19.1. The van der Waals surface area contributed by atoms with Crippen LogP contribution in [-0.2, 0) is 12.0 Å². The number of hydrogen-bond donors (Lipinski definition) is 2. The van der Waals surface area contributed by atoms with Gasteiger partial charge in [-0.15, -0.1) is 0 Å². The Hall–Kier alpha value is -3.60. The summed E-state index contributed by atoms with van der Waals surface area (Å²) in [5.41, 5.74) is 6.66. The number of aromatic nitrogens is 2. The number of nitriles is 1. The van der Waals surface area contributed by atoms with E-state index in [-0.39, 0.29) is 33.6 Å². The molecule has 0 amide bonds. The third kappa shape index (κ3) is 2.70. The molecule has 1 spiro atoms. The van der Waals surface area contributed by atoms with Crippen molar-refractivity contribution in [2.24, 2.45) is 0 Å². The van der Waals surface area contributed by atoms with Crippen molar-refractivity contribution < 1.29 is 9.13 Å². The maximum atomic E-state index is 15.2. The van der Waals surface area contributed by atoms with Crippen LogP contribution in [0.2, 0.25) is 0 Å². The molecule has 0 saturated heterocycles. The number of ether oxygens (including phenoxy) is 1. The third-order valence-electron chi connectivity index (χ3n) is 5.99. The fourth-order valence-corrected chi connectivity index (χ4v) is 4.16. The van der Waals surface area contributed by atoms with E-state index in [1.807, 2.05) is 29.0 Å². The molecular formula is C22H20FN5O2. The van der Waals surface area contributed by atoms with Gasteiger partial charge in [-0.1, -0.05) is 6.07 Å². The number of nitrogens with zero attached hydrogens (tertiary/aromatic N) is 3. The van der Waals surface area contributed by atoms with Gasteiger partial charge in [-0.2, -0.15) is 5.26 Å². The van der Waals surface area contributed by atoms with Crippen LogP contribution in [0.3, 0.4) is 0 Å². The molecule has 152 valence electrons. The predicted molar refractivity (Wildman–Crippen MR) is 111 cm³/mol. The van der Waals surface area contributed by atoms with Gasteiger partial charge in [-0.25, -0.2) is 4.39 Å². The number of pyridine rings is 2. The molecule has 2 aromatic heterocycles. The van der Waals surface area contributed by atoms with Crippen LogP contribution in [0.1, 0.15) is 30.4 Å². The lowest BCUT2D eigenvalue weighted by atomic mass is 10.0. The normalized spacial score (nSPS) is 15.6. The van der Waals surface area contributed by atoms with Gasteiger partial charge in [0.15, 0.2) is 11.6 Å². The monoisotopic (exact) mass is 405 g/mol. The van der Waals surface area contributed by atoms with E-state index >= 15 is 4.39 Å². The van der Waals surface area contributed by atoms with Crippen molar-refractivity contribution in [1.82, 2.24) is 9.55 Å². The standard InChI is InChI=1S/C22H20FN5O2/c23-16-17(25)15-19-21(18(16)27-8-2-4-13-3-1-7-26-10-13)30-12-22(5-6-22)28(19)11-14(9-24)20(15)29/h1,3,7,10-11,27H,2,4-6,8,12,25H2. The number of rotatable bonds is 5. The maximum Gasteiger partial charge on any atom is 0.209 e. The number of nitrogens with one attached hydrogen (secondary N) is 1. The van der Waals surface area contributed by atoms with Gasteiger partial charge >= 0.3 is 0 Å². The summed E-state index contributed by atoms with van der Waals surface area (Å²) in [5.74, 6) is -0.429. The molecule has 3 aromatic rings. The number of hydrogen-bond acceptors (Lipinski definition) is 6. The Balaban J connectivity index is 1.56. The Labute approximate surface area is 171 Å². The molecule has 1 aromatic carbocycles. The quantitative estimate of drug-likeness (QED) is 0.499. The zero-order valence-corrected chi connectivity index (χ0v) is 16.2. The molecule has 1 aliphatic carbocycles. The molecule has 2 aliphatic rings. The van der Waals surface area contributed by atoms with E-state index in [1.165, 1.54) is 0 Å². The Morgan fingerprint density at radius 2 is 2.27 bits per heavy atom. The summed E-state index contributed by atoms with van der Waals surface area (Å²) < 4.78 is 23.1. The number of halogens is 1. The van der Waals surface area contributed by atoms with Crippen LogP contribution in [0, 0.1) is 17.1 Å². The SMILES string of the molecule is N#Cc1cn2c3c(c(NCCCc4cccnc4)c(F)c(N)c3c1=O)OCC21CC1. The van der Waals surface area contributed by atoms with Crippen molar-refractivity contribution in [2.75, 3.05) is 24.2 Å². The van der Waals surface area contributed by atoms with Crippen molar-refractivity contribution in [3.05, 3.63) is 57.9 Å². The Kier molecular flexibility index (Phi) is 4.13. The minimum Gasteiger partial charge on any atom is -0.487 e. The van der Waals surface area contributed by atoms with Gasteiger partial charge in [-0.3, -0.25) is 9.78 Å². The van der Waals surface area contributed by atoms with Crippen LogP contribution in [0.5, 0.6) is 5.75 Å². The second-order valence-electron chi connectivity index (χ2n) is 7.91. The summed E-state index contributed by atoms with van der Waals surface area (Å²) in [4.78, 5) is 16.9. The van der Waals surface area contributed by atoms with Gasteiger partial charge in [0.1, 0.15) is 23.9 Å². The van der Waals surface area contributed by atoms with Gasteiger partial charge in [0, 0.05) is 25.1 Å². The molecule has 0 radical (unpaired) electrons. The van der Waals surface area contributed by atoms with Gasteiger partial charge in [-0.05, 0) is 37.3 Å². The first-order valence-corrected chi connectivity index (χ1v) is 9.92. The molecule has 0 unspecified atom stereocenters. The molecule has 30 heavy (non-hydrogen) atoms. The number of nitrogens with two attached hydrogens (primary N) is 1. The van der Waals surface area contributed by atoms with E-state index in [9.17, 15) is 10.1 Å². The molecule has 3 heterocycles. The highest BCUT2D eigenvalue weighted by molar-refractivity contribution is 6.01. The molecule has 1 fully saturated rings. The lowest BCUT2D eigenvalue weighted by Gasteiger charge is -2.31. The van der Waals surface area contributed by atoms with E-state index in [0.717, 1.165) is 31.2 Å². The zero-order chi connectivity index (χ0) is 20.9. The largest absolute Gasteiger partial charge is 0.487 e. The van der Waals surface area contributed by atoms with Crippen LogP contribution < -0.4 is 21.2 Å². The highest BCUT2D eigenvalue weighted by Gasteiger charge is 2.49. The van der Waals surface area contributed by atoms with Crippen LogP contribution in [-0.4, -0.2) is 22.7 Å². The highest BCUT2D eigenvalue weighted by Crippen LogP contribution is 2.52. The van der Waals surface area contributed by atoms with E-state index in [4.69, 9.17) is 10.5 Å². The van der Waals surface area contributed by atoms with Crippen LogP contribution in [0.15, 0.2) is 35.5 Å². The summed E-state index contributed by atoms with van der Waals surface area (Å²) in [6.07, 6.45) is 8.39. The van der Waals surface area contributed by atoms with Crippen molar-refractivity contribution in [2.45, 2.75) is 31.2 Å². The smallest absolute Gasteiger partial charge is 0.209 e. The lowest BCUT2D eigenvalue weighted by molar-refractivity contribution is 0.221. The molecule has 0 bridgehead atoms. The summed E-state index contributed by atoms with van der Waals surface area (Å²) in [5, 5.41) is 12.5. The number of fused-ring (bicyclic) bond motifs is 1. The van der Waals surface area contributed by atoms with Gasteiger partial charge < -0.3 is 20.4 Å². The third-order valence-corrected chi connectivity index (χ3v) is 5.99. The molecule has 7 nitrogen and oxygen atoms in total. The maximum absolute atomic E-state index is 15.2. The van der Waals surface area contributed by atoms with Crippen LogP contribution >= 0.6 is 0 Å². The predicted octanol–water partition coefficient (Wildman–Crippen LogP) is 2.92. The number of nitrogen functional groups attached to an aromatic ring is 1. The van der Waals surface area contributed by atoms with Crippen molar-refractivity contribution in [3.8, 4) is 11.8 Å². The summed E-state index contributed by atoms with van der Waals surface area (Å²) in [6.45, 7) is 0.870.